The SMILES string of the molecule is c1ccc(-c2sccc2N2CCC(CN3CCC3)CC2)cc1. The summed E-state index contributed by atoms with van der Waals surface area (Å²) in [5, 5.41) is 2.24. The zero-order valence-corrected chi connectivity index (χ0v) is 13.9. The normalized spacial score (nSPS) is 20.1. The molecule has 1 aromatic carbocycles. The van der Waals surface area contributed by atoms with Gasteiger partial charge in [-0.3, -0.25) is 0 Å². The molecule has 0 spiro atoms. The van der Waals surface area contributed by atoms with Crippen molar-refractivity contribution < 1.29 is 0 Å². The Labute approximate surface area is 137 Å². The van der Waals surface area contributed by atoms with Crippen LogP contribution in [0.1, 0.15) is 19.3 Å². The molecule has 0 radical (unpaired) electrons. The molecular formula is C19H24N2S. The van der Waals surface area contributed by atoms with Crippen LogP contribution >= 0.6 is 11.3 Å². The van der Waals surface area contributed by atoms with Crippen LogP contribution in [0.3, 0.4) is 0 Å². The summed E-state index contributed by atoms with van der Waals surface area (Å²) in [5.74, 6) is 0.912. The minimum absolute atomic E-state index is 0.912. The number of benzene rings is 1. The number of thiophene rings is 1. The Morgan fingerprint density at radius 1 is 0.955 bits per heavy atom. The van der Waals surface area contributed by atoms with E-state index in [0.717, 1.165) is 5.92 Å². The highest BCUT2D eigenvalue weighted by Crippen LogP contribution is 2.37. The summed E-state index contributed by atoms with van der Waals surface area (Å²) < 4.78 is 0. The first-order valence-electron chi connectivity index (χ1n) is 8.50. The fourth-order valence-electron chi connectivity index (χ4n) is 3.64. The maximum Gasteiger partial charge on any atom is 0.0576 e. The van der Waals surface area contributed by atoms with Crippen molar-refractivity contribution in [2.75, 3.05) is 37.6 Å². The van der Waals surface area contributed by atoms with Gasteiger partial charge in [0.2, 0.25) is 0 Å². The van der Waals surface area contributed by atoms with Crippen molar-refractivity contribution in [1.29, 1.82) is 0 Å². The lowest BCUT2D eigenvalue weighted by molar-refractivity contribution is 0.142. The van der Waals surface area contributed by atoms with Gasteiger partial charge in [-0.1, -0.05) is 30.3 Å². The van der Waals surface area contributed by atoms with E-state index >= 15 is 0 Å². The van der Waals surface area contributed by atoms with Crippen LogP contribution in [0.5, 0.6) is 0 Å². The van der Waals surface area contributed by atoms with Gasteiger partial charge in [0.05, 0.1) is 10.6 Å². The third-order valence-electron chi connectivity index (χ3n) is 5.10. The van der Waals surface area contributed by atoms with E-state index in [1.807, 2.05) is 11.3 Å². The van der Waals surface area contributed by atoms with Crippen LogP contribution in [0.15, 0.2) is 41.8 Å². The predicted molar refractivity (Wildman–Crippen MR) is 95.7 cm³/mol. The molecule has 3 heterocycles. The topological polar surface area (TPSA) is 6.48 Å². The molecule has 3 heteroatoms. The molecule has 0 bridgehead atoms. The minimum atomic E-state index is 0.912. The fraction of sp³-hybridized carbons (Fsp3) is 0.474. The van der Waals surface area contributed by atoms with Crippen LogP contribution in [-0.2, 0) is 0 Å². The Balaban J connectivity index is 1.42. The molecule has 2 nitrogen and oxygen atoms in total. The molecule has 0 amide bonds. The average molecular weight is 312 g/mol. The van der Waals surface area contributed by atoms with E-state index in [-0.39, 0.29) is 0 Å². The third kappa shape index (κ3) is 2.92. The monoisotopic (exact) mass is 312 g/mol. The number of nitrogens with zero attached hydrogens (tertiary/aromatic N) is 2. The molecule has 2 aliphatic rings. The van der Waals surface area contributed by atoms with Crippen LogP contribution in [-0.4, -0.2) is 37.6 Å². The second-order valence-corrected chi connectivity index (χ2v) is 7.50. The van der Waals surface area contributed by atoms with Gasteiger partial charge in [0.25, 0.3) is 0 Å². The Morgan fingerprint density at radius 3 is 2.41 bits per heavy atom. The summed E-state index contributed by atoms with van der Waals surface area (Å²) in [6, 6.07) is 13.1. The van der Waals surface area contributed by atoms with Gasteiger partial charge in [0, 0.05) is 19.6 Å². The number of likely N-dealkylation sites (tertiary alicyclic amines) is 1. The molecule has 4 rings (SSSR count). The van der Waals surface area contributed by atoms with Crippen LogP contribution in [0.2, 0.25) is 0 Å². The molecular weight excluding hydrogens is 288 g/mol. The molecule has 2 saturated heterocycles. The van der Waals surface area contributed by atoms with Crippen molar-refractivity contribution in [1.82, 2.24) is 4.90 Å². The molecule has 0 aliphatic carbocycles. The van der Waals surface area contributed by atoms with E-state index in [4.69, 9.17) is 0 Å². The Morgan fingerprint density at radius 2 is 1.73 bits per heavy atom. The molecule has 1 aromatic heterocycles. The van der Waals surface area contributed by atoms with E-state index < -0.39 is 0 Å². The van der Waals surface area contributed by atoms with E-state index in [2.05, 4.69) is 51.6 Å². The Hall–Kier alpha value is -1.32. The quantitative estimate of drug-likeness (QED) is 0.829. The molecule has 2 aromatic rings. The zero-order chi connectivity index (χ0) is 14.8. The van der Waals surface area contributed by atoms with Gasteiger partial charge in [-0.25, -0.2) is 0 Å². The molecule has 116 valence electrons. The second-order valence-electron chi connectivity index (χ2n) is 6.59. The molecule has 22 heavy (non-hydrogen) atoms. The largest absolute Gasteiger partial charge is 0.370 e. The summed E-state index contributed by atoms with van der Waals surface area (Å²) >= 11 is 1.87. The fourth-order valence-corrected chi connectivity index (χ4v) is 4.57. The zero-order valence-electron chi connectivity index (χ0n) is 13.1. The van der Waals surface area contributed by atoms with Crippen molar-refractivity contribution in [2.24, 2.45) is 5.92 Å². The van der Waals surface area contributed by atoms with Gasteiger partial charge in [0.15, 0.2) is 0 Å². The van der Waals surface area contributed by atoms with Crippen molar-refractivity contribution in [3.8, 4) is 10.4 Å². The first kappa shape index (κ1) is 14.3. The highest BCUT2D eigenvalue weighted by atomic mass is 32.1. The van der Waals surface area contributed by atoms with Gasteiger partial charge >= 0.3 is 0 Å². The van der Waals surface area contributed by atoms with Crippen LogP contribution in [0, 0.1) is 5.92 Å². The van der Waals surface area contributed by atoms with Crippen molar-refractivity contribution in [3.63, 3.8) is 0 Å². The lowest BCUT2D eigenvalue weighted by Crippen LogP contribution is -2.43. The van der Waals surface area contributed by atoms with E-state index in [1.54, 1.807) is 0 Å². The molecule has 2 fully saturated rings. The highest BCUT2D eigenvalue weighted by Gasteiger charge is 2.25. The number of rotatable bonds is 4. The lowest BCUT2D eigenvalue weighted by Gasteiger charge is -2.39. The maximum absolute atomic E-state index is 2.63. The van der Waals surface area contributed by atoms with Gasteiger partial charge in [0.1, 0.15) is 0 Å². The van der Waals surface area contributed by atoms with Gasteiger partial charge < -0.3 is 9.80 Å². The standard InChI is InChI=1S/C19H24N2S/c1-2-5-17(6-3-1)19-18(9-14-22-19)21-12-7-16(8-13-21)15-20-10-4-11-20/h1-3,5-6,9,14,16H,4,7-8,10-13,15H2. The van der Waals surface area contributed by atoms with Gasteiger partial charge in [-0.2, -0.15) is 0 Å². The molecule has 0 atom stereocenters. The minimum Gasteiger partial charge on any atom is -0.370 e. The second kappa shape index (κ2) is 6.43. The summed E-state index contributed by atoms with van der Waals surface area (Å²) in [5.41, 5.74) is 2.80. The van der Waals surface area contributed by atoms with Gasteiger partial charge in [-0.15, -0.1) is 11.3 Å². The third-order valence-corrected chi connectivity index (χ3v) is 6.05. The van der Waals surface area contributed by atoms with Crippen molar-refractivity contribution in [2.45, 2.75) is 19.3 Å². The number of hydrogen-bond donors (Lipinski definition) is 0. The predicted octanol–water partition coefficient (Wildman–Crippen LogP) is 4.34. The van der Waals surface area contributed by atoms with Crippen LogP contribution < -0.4 is 4.90 Å². The van der Waals surface area contributed by atoms with E-state index in [9.17, 15) is 0 Å². The summed E-state index contributed by atoms with van der Waals surface area (Å²) in [4.78, 5) is 6.66. The van der Waals surface area contributed by atoms with Crippen molar-refractivity contribution >= 4 is 17.0 Å². The first-order valence-corrected chi connectivity index (χ1v) is 9.38. The van der Waals surface area contributed by atoms with Gasteiger partial charge in [-0.05, 0) is 55.3 Å². The number of piperidine rings is 1. The number of anilines is 1. The smallest absolute Gasteiger partial charge is 0.0576 e. The first-order chi connectivity index (χ1) is 10.9. The highest BCUT2D eigenvalue weighted by molar-refractivity contribution is 7.14. The van der Waals surface area contributed by atoms with Crippen LogP contribution in [0.4, 0.5) is 5.69 Å². The summed E-state index contributed by atoms with van der Waals surface area (Å²) in [7, 11) is 0. The van der Waals surface area contributed by atoms with Crippen molar-refractivity contribution in [3.05, 3.63) is 41.8 Å². The van der Waals surface area contributed by atoms with E-state index in [1.165, 1.54) is 68.1 Å². The van der Waals surface area contributed by atoms with E-state index in [0.29, 0.717) is 0 Å². The lowest BCUT2D eigenvalue weighted by atomic mass is 9.94. The molecule has 0 saturated carbocycles. The number of hydrogen-bond acceptors (Lipinski definition) is 3. The molecule has 0 N–H and O–H groups in total. The summed E-state index contributed by atoms with van der Waals surface area (Å²) in [6.07, 6.45) is 4.11. The molecule has 2 aliphatic heterocycles. The maximum atomic E-state index is 2.63. The Bertz CT molecular complexity index is 595. The summed E-state index contributed by atoms with van der Waals surface area (Å²) in [6.45, 7) is 6.44. The van der Waals surface area contributed by atoms with Crippen LogP contribution in [0.25, 0.3) is 10.4 Å². The Kier molecular flexibility index (Phi) is 4.17. The molecule has 0 unspecified atom stereocenters. The average Bonchev–Trinajstić information content (AvgIpc) is 3.02.